The summed E-state index contributed by atoms with van der Waals surface area (Å²) in [5.41, 5.74) is 0. The number of urea groups is 1. The molecule has 0 saturated carbocycles. The first-order valence-electron chi connectivity index (χ1n) is 4.80. The number of hydrogen-bond donors (Lipinski definition) is 1. The standard InChI is InChI=1S/C9H18N2O3/c1-10(2)9(13)11-5-8(6-11)7-14-4-3-12/h8,12H,3-7H2,1-2H3. The normalized spacial score (nSPS) is 16.6. The molecule has 0 aliphatic carbocycles. The Hall–Kier alpha value is -0.810. The van der Waals surface area contributed by atoms with Gasteiger partial charge in [0, 0.05) is 33.1 Å². The maximum Gasteiger partial charge on any atom is 0.319 e. The molecule has 82 valence electrons. The molecule has 0 radical (unpaired) electrons. The molecular formula is C9H18N2O3. The molecule has 14 heavy (non-hydrogen) atoms. The van der Waals surface area contributed by atoms with Crippen LogP contribution in [0.3, 0.4) is 0 Å². The summed E-state index contributed by atoms with van der Waals surface area (Å²) in [6, 6.07) is 0.0587. The third-order valence-electron chi connectivity index (χ3n) is 2.20. The summed E-state index contributed by atoms with van der Waals surface area (Å²) in [5.74, 6) is 0.436. The van der Waals surface area contributed by atoms with Gasteiger partial charge in [-0.3, -0.25) is 0 Å². The van der Waals surface area contributed by atoms with Gasteiger partial charge in [-0.25, -0.2) is 4.79 Å². The molecule has 1 aliphatic rings. The van der Waals surface area contributed by atoms with Gasteiger partial charge in [-0.2, -0.15) is 0 Å². The zero-order valence-electron chi connectivity index (χ0n) is 8.77. The number of hydrogen-bond acceptors (Lipinski definition) is 3. The average Bonchev–Trinajstić information content (AvgIpc) is 2.08. The van der Waals surface area contributed by atoms with E-state index in [0.29, 0.717) is 19.1 Å². The van der Waals surface area contributed by atoms with Crippen LogP contribution in [0.4, 0.5) is 4.79 Å². The molecule has 1 aliphatic heterocycles. The van der Waals surface area contributed by atoms with E-state index in [2.05, 4.69) is 0 Å². The molecule has 0 aromatic rings. The second kappa shape index (κ2) is 5.17. The first-order chi connectivity index (χ1) is 6.65. The molecule has 1 fully saturated rings. The summed E-state index contributed by atoms with van der Waals surface area (Å²) < 4.78 is 5.17. The number of amides is 2. The number of nitrogens with zero attached hydrogens (tertiary/aromatic N) is 2. The lowest BCUT2D eigenvalue weighted by molar-refractivity contribution is 0.0148. The van der Waals surface area contributed by atoms with Crippen molar-refractivity contribution >= 4 is 6.03 Å². The molecule has 1 rings (SSSR count). The second-order valence-electron chi connectivity index (χ2n) is 3.75. The molecule has 0 aromatic heterocycles. The number of likely N-dealkylation sites (tertiary alicyclic amines) is 1. The van der Waals surface area contributed by atoms with Crippen molar-refractivity contribution in [2.75, 3.05) is 47.0 Å². The minimum atomic E-state index is 0.0587. The Kier molecular flexibility index (Phi) is 4.16. The van der Waals surface area contributed by atoms with Crippen molar-refractivity contribution < 1.29 is 14.6 Å². The van der Waals surface area contributed by atoms with Gasteiger partial charge in [-0.15, -0.1) is 0 Å². The van der Waals surface area contributed by atoms with Crippen molar-refractivity contribution in [1.82, 2.24) is 9.80 Å². The van der Waals surface area contributed by atoms with Crippen LogP contribution in [-0.2, 0) is 4.74 Å². The van der Waals surface area contributed by atoms with E-state index in [1.165, 1.54) is 0 Å². The lowest BCUT2D eigenvalue weighted by Crippen LogP contribution is -2.54. The summed E-state index contributed by atoms with van der Waals surface area (Å²) in [5, 5.41) is 8.49. The topological polar surface area (TPSA) is 53.0 Å². The predicted molar refractivity (Wildman–Crippen MR) is 52.1 cm³/mol. The van der Waals surface area contributed by atoms with E-state index < -0.39 is 0 Å². The molecule has 5 nitrogen and oxygen atoms in total. The highest BCUT2D eigenvalue weighted by molar-refractivity contribution is 5.74. The molecule has 0 bridgehead atoms. The molecule has 1 N–H and O–H groups in total. The number of carbonyl (C=O) groups excluding carboxylic acids is 1. The first-order valence-corrected chi connectivity index (χ1v) is 4.80. The quantitative estimate of drug-likeness (QED) is 0.632. The van der Waals surface area contributed by atoms with E-state index in [1.54, 1.807) is 23.9 Å². The van der Waals surface area contributed by atoms with Crippen LogP contribution in [0.2, 0.25) is 0 Å². The molecular weight excluding hydrogens is 184 g/mol. The smallest absolute Gasteiger partial charge is 0.319 e. The fraction of sp³-hybridized carbons (Fsp3) is 0.889. The lowest BCUT2D eigenvalue weighted by Gasteiger charge is -2.40. The van der Waals surface area contributed by atoms with Crippen molar-refractivity contribution in [2.24, 2.45) is 5.92 Å². The van der Waals surface area contributed by atoms with Crippen molar-refractivity contribution in [3.05, 3.63) is 0 Å². The Balaban J connectivity index is 2.08. The number of rotatable bonds is 4. The van der Waals surface area contributed by atoms with E-state index >= 15 is 0 Å². The number of aliphatic hydroxyl groups is 1. The molecule has 1 saturated heterocycles. The molecule has 0 unspecified atom stereocenters. The van der Waals surface area contributed by atoms with E-state index in [1.807, 2.05) is 0 Å². The van der Waals surface area contributed by atoms with Gasteiger partial charge >= 0.3 is 6.03 Å². The van der Waals surface area contributed by atoms with Crippen LogP contribution < -0.4 is 0 Å². The van der Waals surface area contributed by atoms with Crippen LogP contribution in [0.1, 0.15) is 0 Å². The number of aliphatic hydroxyl groups excluding tert-OH is 1. The van der Waals surface area contributed by atoms with Crippen LogP contribution in [0.5, 0.6) is 0 Å². The van der Waals surface area contributed by atoms with Gasteiger partial charge in [0.25, 0.3) is 0 Å². The van der Waals surface area contributed by atoms with Gasteiger partial charge in [0.2, 0.25) is 0 Å². The SMILES string of the molecule is CN(C)C(=O)N1CC(COCCO)C1. The molecule has 2 amide bonds. The highest BCUT2D eigenvalue weighted by Gasteiger charge is 2.31. The Morgan fingerprint density at radius 2 is 2.21 bits per heavy atom. The summed E-state index contributed by atoms with van der Waals surface area (Å²) in [6.07, 6.45) is 0. The Morgan fingerprint density at radius 1 is 1.57 bits per heavy atom. The van der Waals surface area contributed by atoms with Gasteiger partial charge in [0.05, 0.1) is 19.8 Å². The second-order valence-corrected chi connectivity index (χ2v) is 3.75. The minimum absolute atomic E-state index is 0.0587. The maximum absolute atomic E-state index is 11.4. The van der Waals surface area contributed by atoms with Gasteiger partial charge in [0.1, 0.15) is 0 Å². The van der Waals surface area contributed by atoms with Crippen molar-refractivity contribution in [2.45, 2.75) is 0 Å². The van der Waals surface area contributed by atoms with E-state index in [4.69, 9.17) is 9.84 Å². The van der Waals surface area contributed by atoms with Crippen molar-refractivity contribution in [3.63, 3.8) is 0 Å². The van der Waals surface area contributed by atoms with Crippen LogP contribution in [0.25, 0.3) is 0 Å². The third-order valence-corrected chi connectivity index (χ3v) is 2.20. The zero-order valence-corrected chi connectivity index (χ0v) is 8.77. The Bertz CT molecular complexity index is 190. The molecule has 0 aromatic carbocycles. The minimum Gasteiger partial charge on any atom is -0.394 e. The van der Waals surface area contributed by atoms with Crippen molar-refractivity contribution in [3.8, 4) is 0 Å². The summed E-state index contributed by atoms with van der Waals surface area (Å²) in [6.45, 7) is 2.62. The molecule has 5 heteroatoms. The number of ether oxygens (including phenoxy) is 1. The molecule has 1 heterocycles. The average molecular weight is 202 g/mol. The van der Waals surface area contributed by atoms with E-state index in [-0.39, 0.29) is 12.6 Å². The monoisotopic (exact) mass is 202 g/mol. The van der Waals surface area contributed by atoms with E-state index in [9.17, 15) is 4.79 Å². The first kappa shape index (κ1) is 11.3. The summed E-state index contributed by atoms with van der Waals surface area (Å²) in [7, 11) is 3.50. The largest absolute Gasteiger partial charge is 0.394 e. The predicted octanol–water partition coefficient (Wildman–Crippen LogP) is -0.391. The number of carbonyl (C=O) groups is 1. The summed E-state index contributed by atoms with van der Waals surface area (Å²) in [4.78, 5) is 14.7. The van der Waals surface area contributed by atoms with Crippen LogP contribution >= 0.6 is 0 Å². The lowest BCUT2D eigenvalue weighted by atomic mass is 10.0. The Morgan fingerprint density at radius 3 is 2.71 bits per heavy atom. The summed E-state index contributed by atoms with van der Waals surface area (Å²) >= 11 is 0. The maximum atomic E-state index is 11.4. The third kappa shape index (κ3) is 2.85. The van der Waals surface area contributed by atoms with Gasteiger partial charge < -0.3 is 19.6 Å². The van der Waals surface area contributed by atoms with Gasteiger partial charge in [-0.1, -0.05) is 0 Å². The van der Waals surface area contributed by atoms with Gasteiger partial charge in [0.15, 0.2) is 0 Å². The highest BCUT2D eigenvalue weighted by Crippen LogP contribution is 2.16. The highest BCUT2D eigenvalue weighted by atomic mass is 16.5. The van der Waals surface area contributed by atoms with Crippen LogP contribution in [0, 0.1) is 5.92 Å². The molecule has 0 spiro atoms. The fourth-order valence-electron chi connectivity index (χ4n) is 1.43. The Labute approximate surface area is 84.2 Å². The zero-order chi connectivity index (χ0) is 10.6. The van der Waals surface area contributed by atoms with Crippen LogP contribution in [0.15, 0.2) is 0 Å². The molecule has 0 atom stereocenters. The van der Waals surface area contributed by atoms with Crippen molar-refractivity contribution in [1.29, 1.82) is 0 Å². The van der Waals surface area contributed by atoms with Crippen LogP contribution in [-0.4, -0.2) is 67.9 Å². The van der Waals surface area contributed by atoms with Gasteiger partial charge in [-0.05, 0) is 0 Å². The van der Waals surface area contributed by atoms with E-state index in [0.717, 1.165) is 13.1 Å². The fourth-order valence-corrected chi connectivity index (χ4v) is 1.43.